The monoisotopic (exact) mass is 295 g/mol. The Kier molecular flexibility index (Phi) is 3.25. The summed E-state index contributed by atoms with van der Waals surface area (Å²) in [5.74, 6) is 0.659. The minimum atomic E-state index is 0.0613. The molecule has 4 rings (SSSR count). The number of aryl methyl sites for hydroxylation is 1. The van der Waals surface area contributed by atoms with Crippen LogP contribution >= 0.6 is 0 Å². The zero-order valence-corrected chi connectivity index (χ0v) is 12.9. The molecule has 2 fully saturated rings. The zero-order chi connectivity index (χ0) is 15.1. The molecule has 1 aromatic carbocycles. The van der Waals surface area contributed by atoms with Gasteiger partial charge in [0.1, 0.15) is 5.69 Å². The van der Waals surface area contributed by atoms with Crippen molar-refractivity contribution in [3.63, 3.8) is 0 Å². The number of benzene rings is 1. The molecule has 114 valence electrons. The van der Waals surface area contributed by atoms with Gasteiger partial charge in [-0.1, -0.05) is 29.8 Å². The van der Waals surface area contributed by atoms with E-state index in [0.717, 1.165) is 18.5 Å². The Balaban J connectivity index is 1.52. The SMILES string of the molecule is Cc1ccc(CN(C(=O)c2cc(C3CC3)[nH]n2)C2CC2)cc1. The summed E-state index contributed by atoms with van der Waals surface area (Å²) >= 11 is 0. The van der Waals surface area contributed by atoms with Gasteiger partial charge < -0.3 is 4.90 Å². The average molecular weight is 295 g/mol. The van der Waals surface area contributed by atoms with Crippen molar-refractivity contribution in [1.82, 2.24) is 15.1 Å². The number of rotatable bonds is 5. The summed E-state index contributed by atoms with van der Waals surface area (Å²) in [7, 11) is 0. The van der Waals surface area contributed by atoms with Gasteiger partial charge in [-0.2, -0.15) is 5.10 Å². The summed E-state index contributed by atoms with van der Waals surface area (Å²) in [6, 6.07) is 10.8. The van der Waals surface area contributed by atoms with Crippen molar-refractivity contribution in [2.45, 2.75) is 51.1 Å². The minimum absolute atomic E-state index is 0.0613. The maximum atomic E-state index is 12.8. The van der Waals surface area contributed by atoms with Crippen molar-refractivity contribution in [2.75, 3.05) is 0 Å². The molecule has 2 aromatic rings. The van der Waals surface area contributed by atoms with Gasteiger partial charge >= 0.3 is 0 Å². The molecule has 1 heterocycles. The van der Waals surface area contributed by atoms with Gasteiger partial charge in [0.15, 0.2) is 0 Å². The third kappa shape index (κ3) is 2.78. The van der Waals surface area contributed by atoms with Gasteiger partial charge in [-0.25, -0.2) is 0 Å². The van der Waals surface area contributed by atoms with Crippen molar-refractivity contribution in [3.05, 3.63) is 52.8 Å². The van der Waals surface area contributed by atoms with Crippen LogP contribution < -0.4 is 0 Å². The molecule has 0 aliphatic heterocycles. The van der Waals surface area contributed by atoms with Crippen molar-refractivity contribution >= 4 is 5.91 Å². The second-order valence-electron chi connectivity index (χ2n) is 6.63. The lowest BCUT2D eigenvalue weighted by Gasteiger charge is -2.21. The molecule has 0 unspecified atom stereocenters. The molecule has 0 saturated heterocycles. The minimum Gasteiger partial charge on any atom is -0.330 e. The lowest BCUT2D eigenvalue weighted by atomic mass is 10.1. The Morgan fingerprint density at radius 1 is 1.23 bits per heavy atom. The standard InChI is InChI=1S/C18H21N3O/c1-12-2-4-13(5-3-12)11-21(15-8-9-15)18(22)17-10-16(19-20-17)14-6-7-14/h2-5,10,14-15H,6-9,11H2,1H3,(H,19,20). The van der Waals surface area contributed by atoms with Gasteiger partial charge in [0, 0.05) is 24.2 Å². The first-order valence-electron chi connectivity index (χ1n) is 8.12. The quantitative estimate of drug-likeness (QED) is 0.919. The van der Waals surface area contributed by atoms with Gasteiger partial charge in [-0.15, -0.1) is 0 Å². The highest BCUT2D eigenvalue weighted by Gasteiger charge is 2.35. The fourth-order valence-corrected chi connectivity index (χ4v) is 2.84. The first-order chi connectivity index (χ1) is 10.7. The molecule has 22 heavy (non-hydrogen) atoms. The van der Waals surface area contributed by atoms with Gasteiger partial charge in [0.05, 0.1) is 0 Å². The van der Waals surface area contributed by atoms with Crippen LogP contribution in [0.25, 0.3) is 0 Å². The van der Waals surface area contributed by atoms with E-state index in [-0.39, 0.29) is 5.91 Å². The van der Waals surface area contributed by atoms with Crippen molar-refractivity contribution in [2.24, 2.45) is 0 Å². The summed E-state index contributed by atoms with van der Waals surface area (Å²) in [5, 5.41) is 7.28. The van der Waals surface area contributed by atoms with Crippen LogP contribution in [0.5, 0.6) is 0 Å². The maximum absolute atomic E-state index is 12.8. The number of nitrogens with one attached hydrogen (secondary N) is 1. The van der Waals surface area contributed by atoms with Gasteiger partial charge in [-0.3, -0.25) is 9.89 Å². The molecule has 2 aliphatic rings. The number of nitrogens with zero attached hydrogens (tertiary/aromatic N) is 2. The molecule has 0 atom stereocenters. The Hall–Kier alpha value is -2.10. The number of carbonyl (C=O) groups excluding carboxylic acids is 1. The van der Waals surface area contributed by atoms with Gasteiger partial charge in [0.25, 0.3) is 5.91 Å². The first kappa shape index (κ1) is 13.6. The summed E-state index contributed by atoms with van der Waals surface area (Å²) in [5.41, 5.74) is 4.12. The molecule has 2 aliphatic carbocycles. The van der Waals surface area contributed by atoms with Gasteiger partial charge in [0.2, 0.25) is 0 Å². The molecule has 0 spiro atoms. The van der Waals surface area contributed by atoms with E-state index in [1.807, 2.05) is 11.0 Å². The molecular formula is C18H21N3O. The summed E-state index contributed by atoms with van der Waals surface area (Å²) < 4.78 is 0. The second kappa shape index (κ2) is 5.27. The number of amides is 1. The predicted molar refractivity (Wildman–Crippen MR) is 84.6 cm³/mol. The summed E-state index contributed by atoms with van der Waals surface area (Å²) in [6.45, 7) is 2.76. The van der Waals surface area contributed by atoms with E-state index in [0.29, 0.717) is 24.2 Å². The Bertz CT molecular complexity index is 681. The summed E-state index contributed by atoms with van der Waals surface area (Å²) in [4.78, 5) is 14.8. The lowest BCUT2D eigenvalue weighted by molar-refractivity contribution is 0.0724. The molecule has 4 heteroatoms. The van der Waals surface area contributed by atoms with E-state index < -0.39 is 0 Å². The van der Waals surface area contributed by atoms with Crippen LogP contribution in [0.1, 0.15) is 58.9 Å². The largest absolute Gasteiger partial charge is 0.330 e. The molecule has 0 bridgehead atoms. The predicted octanol–water partition coefficient (Wildman–Crippen LogP) is 3.40. The fraction of sp³-hybridized carbons (Fsp3) is 0.444. The van der Waals surface area contributed by atoms with E-state index in [1.165, 1.54) is 24.0 Å². The average Bonchev–Trinajstić information content (AvgIpc) is 3.45. The van der Waals surface area contributed by atoms with E-state index in [4.69, 9.17) is 0 Å². The molecule has 0 radical (unpaired) electrons. The number of aromatic nitrogens is 2. The van der Waals surface area contributed by atoms with Crippen LogP contribution in [0.4, 0.5) is 0 Å². The van der Waals surface area contributed by atoms with Crippen LogP contribution in [0.3, 0.4) is 0 Å². The molecule has 1 amide bonds. The van der Waals surface area contributed by atoms with E-state index >= 15 is 0 Å². The smallest absolute Gasteiger partial charge is 0.274 e. The number of aromatic amines is 1. The van der Waals surface area contributed by atoms with Crippen LogP contribution in [0, 0.1) is 6.92 Å². The van der Waals surface area contributed by atoms with Crippen LogP contribution in [-0.4, -0.2) is 27.0 Å². The van der Waals surface area contributed by atoms with E-state index in [2.05, 4.69) is 41.4 Å². The highest BCUT2D eigenvalue weighted by Crippen LogP contribution is 2.39. The fourth-order valence-electron chi connectivity index (χ4n) is 2.84. The molecule has 4 nitrogen and oxygen atoms in total. The third-order valence-corrected chi connectivity index (χ3v) is 4.56. The summed E-state index contributed by atoms with van der Waals surface area (Å²) in [6.07, 6.45) is 4.64. The Labute approximate surface area is 130 Å². The maximum Gasteiger partial charge on any atom is 0.274 e. The van der Waals surface area contributed by atoms with Crippen molar-refractivity contribution < 1.29 is 4.79 Å². The highest BCUT2D eigenvalue weighted by molar-refractivity contribution is 5.92. The number of carbonyl (C=O) groups is 1. The van der Waals surface area contributed by atoms with Crippen molar-refractivity contribution in [1.29, 1.82) is 0 Å². The molecule has 2 saturated carbocycles. The zero-order valence-electron chi connectivity index (χ0n) is 12.9. The number of H-pyrrole nitrogens is 1. The highest BCUT2D eigenvalue weighted by atomic mass is 16.2. The van der Waals surface area contributed by atoms with Crippen molar-refractivity contribution in [3.8, 4) is 0 Å². The number of hydrogen-bond acceptors (Lipinski definition) is 2. The molecule has 1 N–H and O–H groups in total. The Morgan fingerprint density at radius 3 is 2.59 bits per heavy atom. The normalized spacial score (nSPS) is 17.5. The molecular weight excluding hydrogens is 274 g/mol. The Morgan fingerprint density at radius 2 is 1.95 bits per heavy atom. The second-order valence-corrected chi connectivity index (χ2v) is 6.63. The van der Waals surface area contributed by atoms with E-state index in [1.54, 1.807) is 0 Å². The van der Waals surface area contributed by atoms with Crippen LogP contribution in [0.15, 0.2) is 30.3 Å². The molecule has 1 aromatic heterocycles. The van der Waals surface area contributed by atoms with Crippen LogP contribution in [-0.2, 0) is 6.54 Å². The first-order valence-corrected chi connectivity index (χ1v) is 8.12. The van der Waals surface area contributed by atoms with Gasteiger partial charge in [-0.05, 0) is 44.2 Å². The lowest BCUT2D eigenvalue weighted by Crippen LogP contribution is -2.32. The third-order valence-electron chi connectivity index (χ3n) is 4.56. The topological polar surface area (TPSA) is 49.0 Å². The van der Waals surface area contributed by atoms with Crippen LogP contribution in [0.2, 0.25) is 0 Å². The van der Waals surface area contributed by atoms with E-state index in [9.17, 15) is 4.79 Å². The number of hydrogen-bond donors (Lipinski definition) is 1.